The Hall–Kier alpha value is -1.62. The van der Waals surface area contributed by atoms with Crippen molar-refractivity contribution in [3.8, 4) is 0 Å². The van der Waals surface area contributed by atoms with Gasteiger partial charge in [0.2, 0.25) is 5.95 Å². The Balaban J connectivity index is 1.56. The Labute approximate surface area is 113 Å². The molecule has 0 saturated carbocycles. The molecule has 3 rings (SSSR count). The van der Waals surface area contributed by atoms with Gasteiger partial charge in [-0.2, -0.15) is 4.98 Å². The molecule has 0 unspecified atom stereocenters. The molecule has 5 heteroatoms. The minimum Gasteiger partial charge on any atom is -0.352 e. The number of likely N-dealkylation sites (tertiary alicyclic amines) is 1. The van der Waals surface area contributed by atoms with Crippen molar-refractivity contribution in [1.82, 2.24) is 19.5 Å². The van der Waals surface area contributed by atoms with Gasteiger partial charge in [-0.25, -0.2) is 4.52 Å². The van der Waals surface area contributed by atoms with Crippen LogP contribution in [0.5, 0.6) is 0 Å². The van der Waals surface area contributed by atoms with E-state index in [0.29, 0.717) is 0 Å². The van der Waals surface area contributed by atoms with E-state index >= 15 is 0 Å². The molecule has 5 nitrogen and oxygen atoms in total. The first-order valence-corrected chi connectivity index (χ1v) is 7.10. The Morgan fingerprint density at radius 2 is 2.05 bits per heavy atom. The lowest BCUT2D eigenvalue weighted by molar-refractivity contribution is 0.237. The van der Waals surface area contributed by atoms with E-state index in [2.05, 4.69) is 33.3 Å². The largest absolute Gasteiger partial charge is 0.352 e. The third kappa shape index (κ3) is 3.04. The van der Waals surface area contributed by atoms with E-state index in [1.54, 1.807) is 0 Å². The normalized spacial score (nSPS) is 16.9. The number of anilines is 1. The van der Waals surface area contributed by atoms with Crippen LogP contribution in [-0.4, -0.2) is 45.7 Å². The minimum absolute atomic E-state index is 0.725. The molecule has 0 atom stereocenters. The number of aromatic nitrogens is 3. The number of rotatable bonds is 4. The summed E-state index contributed by atoms with van der Waals surface area (Å²) >= 11 is 0. The van der Waals surface area contributed by atoms with E-state index in [1.165, 1.54) is 37.9 Å². The van der Waals surface area contributed by atoms with E-state index in [9.17, 15) is 0 Å². The van der Waals surface area contributed by atoms with Gasteiger partial charge in [0.15, 0.2) is 5.65 Å². The summed E-state index contributed by atoms with van der Waals surface area (Å²) in [7, 11) is 0. The molecule has 1 aliphatic rings. The van der Waals surface area contributed by atoms with Crippen LogP contribution in [-0.2, 0) is 0 Å². The fourth-order valence-corrected chi connectivity index (χ4v) is 2.57. The Kier molecular flexibility index (Phi) is 3.64. The van der Waals surface area contributed by atoms with Crippen molar-refractivity contribution in [2.45, 2.75) is 26.2 Å². The van der Waals surface area contributed by atoms with Crippen LogP contribution < -0.4 is 5.32 Å². The standard InChI is InChI=1S/C14H21N5/c1-12-5-6-13-16-14(17-19(13)11-12)15-7-10-18-8-3-2-4-9-18/h5-6,11H,2-4,7-10H2,1H3,(H,15,17). The molecule has 1 fully saturated rings. The second kappa shape index (κ2) is 5.57. The van der Waals surface area contributed by atoms with Gasteiger partial charge in [0.25, 0.3) is 0 Å². The summed E-state index contributed by atoms with van der Waals surface area (Å²) in [5.74, 6) is 0.725. The van der Waals surface area contributed by atoms with Gasteiger partial charge in [-0.1, -0.05) is 12.5 Å². The Bertz CT molecular complexity index is 542. The zero-order chi connectivity index (χ0) is 13.1. The smallest absolute Gasteiger partial charge is 0.243 e. The summed E-state index contributed by atoms with van der Waals surface area (Å²) in [6.45, 7) is 6.52. The number of piperidine rings is 1. The van der Waals surface area contributed by atoms with Gasteiger partial charge in [0.05, 0.1) is 0 Å². The fraction of sp³-hybridized carbons (Fsp3) is 0.571. The number of nitrogens with one attached hydrogen (secondary N) is 1. The van der Waals surface area contributed by atoms with Gasteiger partial charge in [-0.15, -0.1) is 5.10 Å². The van der Waals surface area contributed by atoms with Crippen molar-refractivity contribution in [3.05, 3.63) is 23.9 Å². The van der Waals surface area contributed by atoms with Gasteiger partial charge < -0.3 is 10.2 Å². The van der Waals surface area contributed by atoms with Crippen LogP contribution in [0.25, 0.3) is 5.65 Å². The number of pyridine rings is 1. The lowest BCUT2D eigenvalue weighted by atomic mass is 10.1. The molecule has 3 heterocycles. The molecular weight excluding hydrogens is 238 g/mol. The highest BCUT2D eigenvalue weighted by molar-refractivity contribution is 5.44. The SMILES string of the molecule is Cc1ccc2nc(NCCN3CCCCC3)nn2c1. The summed E-state index contributed by atoms with van der Waals surface area (Å²) in [5.41, 5.74) is 2.09. The summed E-state index contributed by atoms with van der Waals surface area (Å²) in [6, 6.07) is 4.06. The highest BCUT2D eigenvalue weighted by Crippen LogP contribution is 2.09. The molecule has 0 aromatic carbocycles. The van der Waals surface area contributed by atoms with E-state index in [1.807, 2.05) is 16.8 Å². The first kappa shape index (κ1) is 12.4. The molecule has 0 aliphatic carbocycles. The van der Waals surface area contributed by atoms with E-state index in [4.69, 9.17) is 0 Å². The molecule has 19 heavy (non-hydrogen) atoms. The van der Waals surface area contributed by atoms with Crippen LogP contribution in [0.2, 0.25) is 0 Å². The summed E-state index contributed by atoms with van der Waals surface area (Å²) in [4.78, 5) is 6.97. The van der Waals surface area contributed by atoms with Crippen LogP contribution in [0.3, 0.4) is 0 Å². The molecule has 0 bridgehead atoms. The van der Waals surface area contributed by atoms with Crippen molar-refractivity contribution in [1.29, 1.82) is 0 Å². The minimum atomic E-state index is 0.725. The topological polar surface area (TPSA) is 45.5 Å². The lowest BCUT2D eigenvalue weighted by Crippen LogP contribution is -2.33. The van der Waals surface area contributed by atoms with E-state index in [0.717, 1.165) is 24.7 Å². The summed E-state index contributed by atoms with van der Waals surface area (Å²) < 4.78 is 1.83. The van der Waals surface area contributed by atoms with E-state index in [-0.39, 0.29) is 0 Å². The summed E-state index contributed by atoms with van der Waals surface area (Å²) in [5, 5.41) is 7.75. The molecule has 1 N–H and O–H groups in total. The zero-order valence-electron chi connectivity index (χ0n) is 11.5. The van der Waals surface area contributed by atoms with Crippen molar-refractivity contribution >= 4 is 11.6 Å². The molecule has 0 spiro atoms. The van der Waals surface area contributed by atoms with Crippen molar-refractivity contribution in [3.63, 3.8) is 0 Å². The first-order chi connectivity index (χ1) is 9.31. The monoisotopic (exact) mass is 259 g/mol. The molecule has 0 amide bonds. The van der Waals surface area contributed by atoms with Gasteiger partial charge in [0, 0.05) is 19.3 Å². The lowest BCUT2D eigenvalue weighted by Gasteiger charge is -2.26. The third-order valence-corrected chi connectivity index (χ3v) is 3.64. The molecule has 1 saturated heterocycles. The molecule has 0 radical (unpaired) electrons. The maximum absolute atomic E-state index is 4.46. The van der Waals surface area contributed by atoms with Gasteiger partial charge in [-0.3, -0.25) is 0 Å². The number of hydrogen-bond acceptors (Lipinski definition) is 4. The average Bonchev–Trinajstić information content (AvgIpc) is 2.82. The fourth-order valence-electron chi connectivity index (χ4n) is 2.57. The van der Waals surface area contributed by atoms with Gasteiger partial charge in [-0.05, 0) is 44.5 Å². The van der Waals surface area contributed by atoms with Crippen molar-refractivity contribution in [2.75, 3.05) is 31.5 Å². The zero-order valence-corrected chi connectivity index (χ0v) is 11.5. The molecular formula is C14H21N5. The predicted molar refractivity (Wildman–Crippen MR) is 76.5 cm³/mol. The Morgan fingerprint density at radius 1 is 1.21 bits per heavy atom. The van der Waals surface area contributed by atoms with Gasteiger partial charge >= 0.3 is 0 Å². The van der Waals surface area contributed by atoms with Gasteiger partial charge in [0.1, 0.15) is 0 Å². The summed E-state index contributed by atoms with van der Waals surface area (Å²) in [6.07, 6.45) is 6.06. The quantitative estimate of drug-likeness (QED) is 0.911. The maximum Gasteiger partial charge on any atom is 0.243 e. The second-order valence-corrected chi connectivity index (χ2v) is 5.27. The Morgan fingerprint density at radius 3 is 2.89 bits per heavy atom. The second-order valence-electron chi connectivity index (χ2n) is 5.27. The highest BCUT2D eigenvalue weighted by atomic mass is 15.3. The molecule has 2 aromatic heterocycles. The van der Waals surface area contributed by atoms with Crippen LogP contribution in [0.4, 0.5) is 5.95 Å². The van der Waals surface area contributed by atoms with Crippen molar-refractivity contribution in [2.24, 2.45) is 0 Å². The predicted octanol–water partition coefficient (Wildman–Crippen LogP) is 1.94. The van der Waals surface area contributed by atoms with E-state index < -0.39 is 0 Å². The maximum atomic E-state index is 4.46. The molecule has 2 aromatic rings. The van der Waals surface area contributed by atoms with Crippen LogP contribution in [0.15, 0.2) is 18.3 Å². The number of hydrogen-bond donors (Lipinski definition) is 1. The molecule has 102 valence electrons. The number of nitrogens with zero attached hydrogens (tertiary/aromatic N) is 4. The molecule has 1 aliphatic heterocycles. The number of fused-ring (bicyclic) bond motifs is 1. The third-order valence-electron chi connectivity index (χ3n) is 3.64. The first-order valence-electron chi connectivity index (χ1n) is 7.10. The van der Waals surface area contributed by atoms with Crippen LogP contribution in [0, 0.1) is 6.92 Å². The number of aryl methyl sites for hydroxylation is 1. The van der Waals surface area contributed by atoms with Crippen molar-refractivity contribution < 1.29 is 0 Å². The van der Waals surface area contributed by atoms with Crippen LogP contribution in [0.1, 0.15) is 24.8 Å². The highest BCUT2D eigenvalue weighted by Gasteiger charge is 2.09. The average molecular weight is 259 g/mol. The van der Waals surface area contributed by atoms with Crippen LogP contribution >= 0.6 is 0 Å².